The van der Waals surface area contributed by atoms with E-state index in [1.165, 1.54) is 11.3 Å². The number of carbonyl (C=O) groups is 2. The van der Waals surface area contributed by atoms with E-state index < -0.39 is 18.6 Å². The molecule has 0 unspecified atom stereocenters. The van der Waals surface area contributed by atoms with Gasteiger partial charge in [0.1, 0.15) is 0 Å². The Hall–Kier alpha value is -1.60. The monoisotopic (exact) mass is 230 g/mol. The maximum absolute atomic E-state index is 11.0. The molecule has 3 N–H and O–H groups in total. The average Bonchev–Trinajstić information content (AvgIpc) is 2.66. The zero-order valence-corrected chi connectivity index (χ0v) is 8.54. The minimum atomic E-state index is -1.15. The summed E-state index contributed by atoms with van der Waals surface area (Å²) in [5.74, 6) is -1.15. The summed E-state index contributed by atoms with van der Waals surface area (Å²) in [6.45, 7) is -0.183. The van der Waals surface area contributed by atoms with Crippen LogP contribution in [0.25, 0.3) is 0 Å². The average molecular weight is 230 g/mol. The predicted octanol–water partition coefficient (Wildman–Crippen LogP) is 0.564. The van der Waals surface area contributed by atoms with Gasteiger partial charge in [-0.05, 0) is 22.4 Å². The smallest absolute Gasteiger partial charge is 0.338 e. The molecule has 0 aliphatic heterocycles. The highest BCUT2D eigenvalue weighted by molar-refractivity contribution is 7.07. The second-order valence-electron chi connectivity index (χ2n) is 2.60. The molecule has 1 aromatic heterocycles. The van der Waals surface area contributed by atoms with Gasteiger partial charge in [-0.2, -0.15) is 11.3 Å². The Morgan fingerprint density at radius 3 is 2.93 bits per heavy atom. The standard InChI is InChI=1S/C8H10N2O4S/c11-7(12)4-14-10-8(13)9-3-6-1-2-15-5-6/h1-2,5H,3-4H2,(H,11,12)(H2,9,10,13). The van der Waals surface area contributed by atoms with Crippen molar-refractivity contribution in [3.8, 4) is 0 Å². The number of carbonyl (C=O) groups excluding carboxylic acids is 1. The Morgan fingerprint density at radius 2 is 2.33 bits per heavy atom. The summed E-state index contributed by atoms with van der Waals surface area (Å²) in [6.07, 6.45) is 0. The van der Waals surface area contributed by atoms with Crippen molar-refractivity contribution in [1.29, 1.82) is 0 Å². The lowest BCUT2D eigenvalue weighted by molar-refractivity contribution is -0.144. The fraction of sp³-hybridized carbons (Fsp3) is 0.250. The molecule has 1 heterocycles. The molecule has 7 heteroatoms. The fourth-order valence-corrected chi connectivity index (χ4v) is 1.44. The number of nitrogens with one attached hydrogen (secondary N) is 2. The number of hydroxylamine groups is 1. The van der Waals surface area contributed by atoms with Gasteiger partial charge in [0.05, 0.1) is 0 Å². The van der Waals surface area contributed by atoms with E-state index in [0.29, 0.717) is 6.54 Å². The number of carboxylic acids is 1. The van der Waals surface area contributed by atoms with E-state index in [2.05, 4.69) is 10.2 Å². The molecule has 0 spiro atoms. The first-order chi connectivity index (χ1) is 7.18. The van der Waals surface area contributed by atoms with Gasteiger partial charge in [-0.15, -0.1) is 0 Å². The summed E-state index contributed by atoms with van der Waals surface area (Å²) >= 11 is 1.53. The summed E-state index contributed by atoms with van der Waals surface area (Å²) in [5, 5.41) is 14.5. The molecular weight excluding hydrogens is 220 g/mol. The first-order valence-electron chi connectivity index (χ1n) is 4.07. The van der Waals surface area contributed by atoms with Gasteiger partial charge in [0.25, 0.3) is 0 Å². The van der Waals surface area contributed by atoms with Crippen molar-refractivity contribution in [3.63, 3.8) is 0 Å². The van der Waals surface area contributed by atoms with E-state index in [1.54, 1.807) is 0 Å². The topological polar surface area (TPSA) is 87.7 Å². The summed E-state index contributed by atoms with van der Waals surface area (Å²) in [7, 11) is 0. The number of thiophene rings is 1. The maximum Gasteiger partial charge on any atom is 0.338 e. The Labute approximate surface area is 89.8 Å². The van der Waals surface area contributed by atoms with Gasteiger partial charge >= 0.3 is 12.0 Å². The molecule has 0 aromatic carbocycles. The minimum absolute atomic E-state index is 0.381. The molecule has 0 saturated heterocycles. The van der Waals surface area contributed by atoms with Crippen molar-refractivity contribution in [2.75, 3.05) is 6.61 Å². The largest absolute Gasteiger partial charge is 0.479 e. The molecular formula is C8H10N2O4S. The van der Waals surface area contributed by atoms with Crippen LogP contribution in [0.2, 0.25) is 0 Å². The van der Waals surface area contributed by atoms with Crippen LogP contribution in [-0.4, -0.2) is 23.7 Å². The van der Waals surface area contributed by atoms with Gasteiger partial charge < -0.3 is 10.4 Å². The van der Waals surface area contributed by atoms with Crippen LogP contribution < -0.4 is 10.8 Å². The molecule has 1 rings (SSSR count). The summed E-state index contributed by atoms with van der Waals surface area (Å²) in [4.78, 5) is 25.4. The third-order valence-electron chi connectivity index (χ3n) is 1.39. The molecule has 0 aliphatic carbocycles. The first-order valence-corrected chi connectivity index (χ1v) is 5.01. The number of urea groups is 1. The second kappa shape index (κ2) is 5.99. The fourth-order valence-electron chi connectivity index (χ4n) is 0.775. The van der Waals surface area contributed by atoms with Crippen molar-refractivity contribution >= 4 is 23.3 Å². The van der Waals surface area contributed by atoms with Crippen LogP contribution in [0.1, 0.15) is 5.56 Å². The van der Waals surface area contributed by atoms with Crippen molar-refractivity contribution in [1.82, 2.24) is 10.8 Å². The van der Waals surface area contributed by atoms with Crippen molar-refractivity contribution in [2.45, 2.75) is 6.54 Å². The highest BCUT2D eigenvalue weighted by atomic mass is 32.1. The van der Waals surface area contributed by atoms with Crippen molar-refractivity contribution in [2.24, 2.45) is 0 Å². The van der Waals surface area contributed by atoms with Gasteiger partial charge in [-0.1, -0.05) is 0 Å². The maximum atomic E-state index is 11.0. The van der Waals surface area contributed by atoms with Crippen LogP contribution in [0.5, 0.6) is 0 Å². The Balaban J connectivity index is 2.11. The Morgan fingerprint density at radius 1 is 1.53 bits per heavy atom. The SMILES string of the molecule is O=C(O)CONC(=O)NCc1ccsc1. The Kier molecular flexibility index (Phi) is 4.58. The number of aliphatic carboxylic acids is 1. The number of hydrogen-bond donors (Lipinski definition) is 3. The Bertz CT molecular complexity index is 325. The quantitative estimate of drug-likeness (QED) is 0.645. The number of amides is 2. The third kappa shape index (κ3) is 4.99. The molecule has 1 aromatic rings. The van der Waals surface area contributed by atoms with E-state index in [0.717, 1.165) is 5.56 Å². The van der Waals surface area contributed by atoms with E-state index in [4.69, 9.17) is 5.11 Å². The van der Waals surface area contributed by atoms with E-state index in [1.807, 2.05) is 22.3 Å². The zero-order valence-electron chi connectivity index (χ0n) is 7.73. The van der Waals surface area contributed by atoms with E-state index in [9.17, 15) is 9.59 Å². The minimum Gasteiger partial charge on any atom is -0.479 e. The van der Waals surface area contributed by atoms with E-state index >= 15 is 0 Å². The lowest BCUT2D eigenvalue weighted by atomic mass is 10.3. The van der Waals surface area contributed by atoms with Gasteiger partial charge in [-0.25, -0.2) is 15.1 Å². The highest BCUT2D eigenvalue weighted by Gasteiger charge is 2.02. The van der Waals surface area contributed by atoms with Crippen molar-refractivity contribution < 1.29 is 19.5 Å². The number of rotatable bonds is 5. The molecule has 82 valence electrons. The number of hydrogen-bond acceptors (Lipinski definition) is 4. The molecule has 0 atom stereocenters. The lowest BCUT2D eigenvalue weighted by Gasteiger charge is -2.05. The molecule has 0 radical (unpaired) electrons. The third-order valence-corrected chi connectivity index (χ3v) is 2.13. The van der Waals surface area contributed by atoms with Crippen LogP contribution in [0, 0.1) is 0 Å². The normalized spacial score (nSPS) is 9.60. The lowest BCUT2D eigenvalue weighted by Crippen LogP contribution is -2.36. The summed E-state index contributed by atoms with van der Waals surface area (Å²) < 4.78 is 0. The zero-order chi connectivity index (χ0) is 11.1. The molecule has 0 aliphatic rings. The van der Waals surface area contributed by atoms with Gasteiger partial charge in [0, 0.05) is 6.54 Å². The van der Waals surface area contributed by atoms with Crippen LogP contribution in [-0.2, 0) is 16.2 Å². The van der Waals surface area contributed by atoms with Crippen LogP contribution in [0.3, 0.4) is 0 Å². The molecule has 0 saturated carbocycles. The van der Waals surface area contributed by atoms with Crippen LogP contribution in [0.15, 0.2) is 16.8 Å². The first kappa shape index (κ1) is 11.5. The summed E-state index contributed by atoms with van der Waals surface area (Å²) in [6, 6.07) is 1.31. The predicted molar refractivity (Wildman–Crippen MR) is 53.3 cm³/mol. The van der Waals surface area contributed by atoms with Crippen molar-refractivity contribution in [3.05, 3.63) is 22.4 Å². The summed E-state index contributed by atoms with van der Waals surface area (Å²) in [5.41, 5.74) is 2.93. The van der Waals surface area contributed by atoms with Gasteiger partial charge in [-0.3, -0.25) is 4.84 Å². The molecule has 0 bridgehead atoms. The molecule has 2 amide bonds. The molecule has 0 fully saturated rings. The highest BCUT2D eigenvalue weighted by Crippen LogP contribution is 2.04. The number of carboxylic acid groups (broad SMARTS) is 1. The van der Waals surface area contributed by atoms with Gasteiger partial charge in [0.2, 0.25) is 0 Å². The van der Waals surface area contributed by atoms with Gasteiger partial charge in [0.15, 0.2) is 6.61 Å². The second-order valence-corrected chi connectivity index (χ2v) is 3.38. The van der Waals surface area contributed by atoms with Crippen LogP contribution >= 0.6 is 11.3 Å². The molecule has 6 nitrogen and oxygen atoms in total. The van der Waals surface area contributed by atoms with Crippen LogP contribution in [0.4, 0.5) is 4.79 Å². The van der Waals surface area contributed by atoms with E-state index in [-0.39, 0.29) is 0 Å². The molecule has 15 heavy (non-hydrogen) atoms.